The van der Waals surface area contributed by atoms with Gasteiger partial charge in [-0.05, 0) is 13.8 Å². The topological polar surface area (TPSA) is 79.4 Å². The number of aromatic nitrogens is 2. The molecule has 2 rings (SSSR count). The molecule has 1 saturated heterocycles. The number of morpholine rings is 1. The number of carbonyl (C=O) groups is 1. The maximum Gasteiger partial charge on any atom is 0.244 e. The lowest BCUT2D eigenvalue weighted by Crippen LogP contribution is -2.54. The monoisotopic (exact) mass is 279 g/mol. The van der Waals surface area contributed by atoms with Crippen molar-refractivity contribution < 1.29 is 9.53 Å². The quantitative estimate of drug-likeness (QED) is 0.816. The second kappa shape index (κ2) is 6.04. The average molecular weight is 279 g/mol. The van der Waals surface area contributed by atoms with E-state index in [1.807, 2.05) is 25.8 Å². The number of nitrogens with one attached hydrogen (secondary N) is 2. The van der Waals surface area contributed by atoms with Gasteiger partial charge in [0.2, 0.25) is 5.91 Å². The van der Waals surface area contributed by atoms with E-state index in [1.54, 1.807) is 7.05 Å². The van der Waals surface area contributed by atoms with Crippen LogP contribution >= 0.6 is 0 Å². The standard InChI is InChI=1S/C13H21N5O2/c1-8-11(14-3)16-9(2)17-12(8)18-5-6-20-7-10(18)13(19)15-4/h10H,5-7H2,1-4H3,(H,15,19)(H,14,16,17). The number of carbonyl (C=O) groups excluding carboxylic acids is 1. The van der Waals surface area contributed by atoms with Gasteiger partial charge in [0.05, 0.1) is 13.2 Å². The fraction of sp³-hybridized carbons (Fsp3) is 0.615. The van der Waals surface area contributed by atoms with Gasteiger partial charge >= 0.3 is 0 Å². The van der Waals surface area contributed by atoms with Gasteiger partial charge in [0, 0.05) is 26.2 Å². The van der Waals surface area contributed by atoms with E-state index in [-0.39, 0.29) is 11.9 Å². The van der Waals surface area contributed by atoms with Crippen LogP contribution in [0.4, 0.5) is 11.6 Å². The minimum absolute atomic E-state index is 0.0635. The largest absolute Gasteiger partial charge is 0.377 e. The summed E-state index contributed by atoms with van der Waals surface area (Å²) in [5.74, 6) is 2.19. The van der Waals surface area contributed by atoms with Crippen molar-refractivity contribution in [1.82, 2.24) is 15.3 Å². The Hall–Kier alpha value is -1.89. The van der Waals surface area contributed by atoms with Gasteiger partial charge in [-0.2, -0.15) is 0 Å². The third-order valence-corrected chi connectivity index (χ3v) is 3.42. The van der Waals surface area contributed by atoms with E-state index in [2.05, 4.69) is 20.6 Å². The van der Waals surface area contributed by atoms with Crippen LogP contribution in [0.15, 0.2) is 0 Å². The van der Waals surface area contributed by atoms with E-state index in [0.717, 1.165) is 17.2 Å². The first-order valence-electron chi connectivity index (χ1n) is 6.67. The summed E-state index contributed by atoms with van der Waals surface area (Å²) in [5, 5.41) is 5.74. The summed E-state index contributed by atoms with van der Waals surface area (Å²) >= 11 is 0. The Morgan fingerprint density at radius 2 is 2.10 bits per heavy atom. The van der Waals surface area contributed by atoms with Crippen molar-refractivity contribution in [2.24, 2.45) is 0 Å². The molecule has 0 aliphatic carbocycles. The van der Waals surface area contributed by atoms with Gasteiger partial charge in [-0.1, -0.05) is 0 Å². The highest BCUT2D eigenvalue weighted by molar-refractivity contribution is 5.85. The van der Waals surface area contributed by atoms with Gasteiger partial charge in [0.1, 0.15) is 23.5 Å². The Morgan fingerprint density at radius 1 is 1.35 bits per heavy atom. The molecule has 1 fully saturated rings. The first kappa shape index (κ1) is 14.5. The van der Waals surface area contributed by atoms with Crippen LogP contribution in [0.5, 0.6) is 0 Å². The molecule has 20 heavy (non-hydrogen) atoms. The van der Waals surface area contributed by atoms with Crippen molar-refractivity contribution in [3.8, 4) is 0 Å². The Kier molecular flexibility index (Phi) is 4.39. The van der Waals surface area contributed by atoms with E-state index < -0.39 is 0 Å². The summed E-state index contributed by atoms with van der Waals surface area (Å²) in [5.41, 5.74) is 0.939. The summed E-state index contributed by atoms with van der Waals surface area (Å²) in [7, 11) is 3.46. The normalized spacial score (nSPS) is 18.8. The third-order valence-electron chi connectivity index (χ3n) is 3.42. The van der Waals surface area contributed by atoms with Gasteiger partial charge in [-0.25, -0.2) is 9.97 Å². The number of likely N-dealkylation sites (N-methyl/N-ethyl adjacent to an activating group) is 1. The summed E-state index contributed by atoms with van der Waals surface area (Å²) in [6.07, 6.45) is 0. The third kappa shape index (κ3) is 2.67. The molecule has 1 aromatic rings. The van der Waals surface area contributed by atoms with Crippen LogP contribution in [-0.4, -0.2) is 55.8 Å². The van der Waals surface area contributed by atoms with Crippen LogP contribution in [-0.2, 0) is 9.53 Å². The van der Waals surface area contributed by atoms with E-state index in [1.165, 1.54) is 0 Å². The highest BCUT2D eigenvalue weighted by Crippen LogP contribution is 2.26. The second-order valence-corrected chi connectivity index (χ2v) is 4.72. The number of hydrogen-bond donors (Lipinski definition) is 2. The minimum atomic E-state index is -0.355. The highest BCUT2D eigenvalue weighted by atomic mass is 16.5. The molecule has 1 aromatic heterocycles. The molecule has 0 bridgehead atoms. The smallest absolute Gasteiger partial charge is 0.244 e. The van der Waals surface area contributed by atoms with Crippen LogP contribution in [0.25, 0.3) is 0 Å². The Labute approximate surface area is 118 Å². The summed E-state index contributed by atoms with van der Waals surface area (Å²) < 4.78 is 5.42. The van der Waals surface area contributed by atoms with E-state index in [0.29, 0.717) is 25.6 Å². The second-order valence-electron chi connectivity index (χ2n) is 4.72. The molecule has 1 amide bonds. The molecular formula is C13H21N5O2. The predicted octanol–water partition coefficient (Wildman–Crippen LogP) is 0.0863. The van der Waals surface area contributed by atoms with Crippen LogP contribution in [0.1, 0.15) is 11.4 Å². The molecule has 0 spiro atoms. The Morgan fingerprint density at radius 3 is 2.75 bits per heavy atom. The molecular weight excluding hydrogens is 258 g/mol. The van der Waals surface area contributed by atoms with Gasteiger partial charge < -0.3 is 20.3 Å². The molecule has 0 radical (unpaired) electrons. The molecule has 0 saturated carbocycles. The maximum atomic E-state index is 12.0. The lowest BCUT2D eigenvalue weighted by Gasteiger charge is -2.36. The van der Waals surface area contributed by atoms with Crippen molar-refractivity contribution in [2.45, 2.75) is 19.9 Å². The molecule has 1 unspecified atom stereocenters. The zero-order valence-corrected chi connectivity index (χ0v) is 12.4. The first-order valence-corrected chi connectivity index (χ1v) is 6.67. The van der Waals surface area contributed by atoms with Crippen molar-refractivity contribution in [1.29, 1.82) is 0 Å². The van der Waals surface area contributed by atoms with Gasteiger partial charge in [-0.15, -0.1) is 0 Å². The molecule has 110 valence electrons. The van der Waals surface area contributed by atoms with Gasteiger partial charge in [0.25, 0.3) is 0 Å². The molecule has 1 atom stereocenters. The number of hydrogen-bond acceptors (Lipinski definition) is 6. The lowest BCUT2D eigenvalue weighted by molar-refractivity contribution is -0.124. The highest BCUT2D eigenvalue weighted by Gasteiger charge is 2.31. The fourth-order valence-corrected chi connectivity index (χ4v) is 2.38. The zero-order chi connectivity index (χ0) is 14.7. The van der Waals surface area contributed by atoms with Crippen LogP contribution in [0, 0.1) is 13.8 Å². The summed E-state index contributed by atoms with van der Waals surface area (Å²) in [6.45, 7) is 5.40. The van der Waals surface area contributed by atoms with Crippen molar-refractivity contribution >= 4 is 17.5 Å². The van der Waals surface area contributed by atoms with Crippen molar-refractivity contribution in [3.05, 3.63) is 11.4 Å². The van der Waals surface area contributed by atoms with Crippen LogP contribution < -0.4 is 15.5 Å². The van der Waals surface area contributed by atoms with E-state index >= 15 is 0 Å². The summed E-state index contributed by atoms with van der Waals surface area (Å²) in [4.78, 5) is 22.9. The average Bonchev–Trinajstić information content (AvgIpc) is 2.48. The number of nitrogens with zero attached hydrogens (tertiary/aromatic N) is 3. The van der Waals surface area contributed by atoms with Crippen molar-refractivity contribution in [2.75, 3.05) is 44.1 Å². The van der Waals surface area contributed by atoms with Crippen LogP contribution in [0.3, 0.4) is 0 Å². The Bertz CT molecular complexity index is 506. The fourth-order valence-electron chi connectivity index (χ4n) is 2.38. The molecule has 1 aliphatic rings. The molecule has 7 heteroatoms. The molecule has 7 nitrogen and oxygen atoms in total. The minimum Gasteiger partial charge on any atom is -0.377 e. The van der Waals surface area contributed by atoms with E-state index in [4.69, 9.17) is 4.74 Å². The number of rotatable bonds is 3. The van der Waals surface area contributed by atoms with Gasteiger partial charge in [0.15, 0.2) is 0 Å². The van der Waals surface area contributed by atoms with Crippen LogP contribution in [0.2, 0.25) is 0 Å². The van der Waals surface area contributed by atoms with E-state index in [9.17, 15) is 4.79 Å². The number of anilines is 2. The molecule has 2 heterocycles. The molecule has 0 aromatic carbocycles. The molecule has 2 N–H and O–H groups in total. The lowest BCUT2D eigenvalue weighted by atomic mass is 10.1. The Balaban J connectivity index is 2.42. The van der Waals surface area contributed by atoms with Crippen molar-refractivity contribution in [3.63, 3.8) is 0 Å². The summed E-state index contributed by atoms with van der Waals surface area (Å²) in [6, 6.07) is -0.355. The number of ether oxygens (including phenoxy) is 1. The zero-order valence-electron chi connectivity index (χ0n) is 12.4. The van der Waals surface area contributed by atoms with Gasteiger partial charge in [-0.3, -0.25) is 4.79 Å². The number of amides is 1. The first-order chi connectivity index (χ1) is 9.58. The SMILES string of the molecule is CNC(=O)C1COCCN1c1nc(C)nc(NC)c1C. The predicted molar refractivity (Wildman–Crippen MR) is 77.1 cm³/mol. The maximum absolute atomic E-state index is 12.0. The molecule has 1 aliphatic heterocycles. The number of aryl methyl sites for hydroxylation is 1.